The van der Waals surface area contributed by atoms with E-state index in [-0.39, 0.29) is 0 Å². The molecule has 2 heteroatoms. The van der Waals surface area contributed by atoms with Crippen molar-refractivity contribution in [2.75, 3.05) is 0 Å². The second-order valence-corrected chi connectivity index (χ2v) is 8.17. The number of Topliss-reactive ketones (excluding diaryl/α,β-unsaturated/α-hetero) is 1. The van der Waals surface area contributed by atoms with Crippen molar-refractivity contribution in [3.63, 3.8) is 0 Å². The summed E-state index contributed by atoms with van der Waals surface area (Å²) < 4.78 is 0. The van der Waals surface area contributed by atoms with E-state index < -0.39 is 0 Å². The second-order valence-electron chi connectivity index (χ2n) is 5.14. The molecule has 1 saturated heterocycles. The van der Waals surface area contributed by atoms with E-state index in [4.69, 9.17) is 0 Å². The van der Waals surface area contributed by atoms with Crippen LogP contribution in [0.15, 0.2) is 30.3 Å². The first-order chi connectivity index (χ1) is 8.34. The summed E-state index contributed by atoms with van der Waals surface area (Å²) in [7, 11) is 0. The Morgan fingerprint density at radius 1 is 1.06 bits per heavy atom. The predicted molar refractivity (Wildman–Crippen MR) is 70.3 cm³/mol. The van der Waals surface area contributed by atoms with E-state index in [9.17, 15) is 4.79 Å². The molecular weight excluding hydrogens is 275 g/mol. The molecule has 1 aromatic carbocycles. The minimum absolute atomic E-state index is 0.434. The van der Waals surface area contributed by atoms with E-state index in [0.717, 1.165) is 11.2 Å². The molecule has 0 bridgehead atoms. The topological polar surface area (TPSA) is 17.1 Å². The predicted octanol–water partition coefficient (Wildman–Crippen LogP) is 3.38. The standard InChI is InChI=1S/C15H18OSe/c16-13-10-15(11-6-2-1-3-7-11)17-14-9-5-4-8-12(13)14/h1-3,6-7,12,14-15H,4-5,8-10H2. The number of hydrogen-bond donors (Lipinski definition) is 0. The number of carbonyl (C=O) groups is 1. The van der Waals surface area contributed by atoms with E-state index in [1.807, 2.05) is 0 Å². The van der Waals surface area contributed by atoms with E-state index in [2.05, 4.69) is 30.3 Å². The van der Waals surface area contributed by atoms with Crippen molar-refractivity contribution in [1.29, 1.82) is 0 Å². The van der Waals surface area contributed by atoms with Gasteiger partial charge in [-0.2, -0.15) is 0 Å². The molecule has 17 heavy (non-hydrogen) atoms. The van der Waals surface area contributed by atoms with Crippen LogP contribution >= 0.6 is 0 Å². The van der Waals surface area contributed by atoms with Crippen LogP contribution < -0.4 is 0 Å². The molecular formula is C15H18OSe. The third-order valence-electron chi connectivity index (χ3n) is 4.01. The van der Waals surface area contributed by atoms with Gasteiger partial charge in [0, 0.05) is 0 Å². The fraction of sp³-hybridized carbons (Fsp3) is 0.533. The van der Waals surface area contributed by atoms with Gasteiger partial charge >= 0.3 is 109 Å². The molecule has 1 aromatic rings. The summed E-state index contributed by atoms with van der Waals surface area (Å²) in [6, 6.07) is 10.7. The van der Waals surface area contributed by atoms with Gasteiger partial charge in [-0.1, -0.05) is 0 Å². The normalized spacial score (nSPS) is 33.2. The summed E-state index contributed by atoms with van der Waals surface area (Å²) in [5.74, 6) is 0.986. The molecule has 3 rings (SSSR count). The van der Waals surface area contributed by atoms with Crippen molar-refractivity contribution in [3.05, 3.63) is 35.9 Å². The quantitative estimate of drug-likeness (QED) is 0.725. The Hall–Kier alpha value is -0.591. The fourth-order valence-electron chi connectivity index (χ4n) is 3.09. The summed E-state index contributed by atoms with van der Waals surface area (Å²) in [5, 5.41) is 0. The van der Waals surface area contributed by atoms with Crippen LogP contribution in [-0.2, 0) is 4.79 Å². The first-order valence-electron chi connectivity index (χ1n) is 6.58. The molecule has 2 fully saturated rings. The maximum absolute atomic E-state index is 12.2. The van der Waals surface area contributed by atoms with Crippen molar-refractivity contribution in [1.82, 2.24) is 0 Å². The van der Waals surface area contributed by atoms with E-state index >= 15 is 0 Å². The summed E-state index contributed by atoms with van der Waals surface area (Å²) in [6.07, 6.45) is 5.91. The Labute approximate surface area is 109 Å². The molecule has 0 N–H and O–H groups in total. The third-order valence-corrected chi connectivity index (χ3v) is 7.54. The van der Waals surface area contributed by atoms with Crippen molar-refractivity contribution in [2.45, 2.75) is 41.7 Å². The van der Waals surface area contributed by atoms with E-state index in [1.165, 1.54) is 31.2 Å². The Balaban J connectivity index is 1.79. The average molecular weight is 293 g/mol. The van der Waals surface area contributed by atoms with Crippen molar-refractivity contribution < 1.29 is 4.79 Å². The van der Waals surface area contributed by atoms with Gasteiger partial charge in [0.25, 0.3) is 0 Å². The first-order valence-corrected chi connectivity index (χ1v) is 8.55. The maximum atomic E-state index is 12.2. The van der Waals surface area contributed by atoms with Gasteiger partial charge in [0.2, 0.25) is 0 Å². The van der Waals surface area contributed by atoms with Crippen LogP contribution in [0, 0.1) is 5.92 Å². The molecule has 0 amide bonds. The molecule has 0 radical (unpaired) electrons. The zero-order valence-corrected chi connectivity index (χ0v) is 11.7. The minimum atomic E-state index is 0.434. The monoisotopic (exact) mass is 294 g/mol. The number of carbonyl (C=O) groups excluding carboxylic acids is 1. The Bertz CT molecular complexity index is 401. The molecule has 3 atom stereocenters. The number of benzene rings is 1. The average Bonchev–Trinajstić information content (AvgIpc) is 2.40. The molecule has 1 aliphatic heterocycles. The second kappa shape index (κ2) is 4.96. The molecule has 3 unspecified atom stereocenters. The van der Waals surface area contributed by atoms with Crippen LogP contribution in [0.5, 0.6) is 0 Å². The van der Waals surface area contributed by atoms with Gasteiger partial charge in [-0.3, -0.25) is 0 Å². The molecule has 1 aliphatic carbocycles. The Kier molecular flexibility index (Phi) is 3.35. The van der Waals surface area contributed by atoms with Crippen molar-refractivity contribution >= 4 is 20.7 Å². The van der Waals surface area contributed by atoms with Crippen LogP contribution in [0.2, 0.25) is 4.82 Å². The SMILES string of the molecule is O=C1CC(c2ccccc2)[Se]C2CCCCC12. The van der Waals surface area contributed by atoms with Crippen LogP contribution in [0.4, 0.5) is 0 Å². The molecule has 0 spiro atoms. The van der Waals surface area contributed by atoms with E-state index in [1.54, 1.807) is 0 Å². The van der Waals surface area contributed by atoms with Crippen molar-refractivity contribution in [3.8, 4) is 0 Å². The zero-order valence-electron chi connectivity index (χ0n) is 9.97. The fourth-order valence-corrected chi connectivity index (χ4v) is 6.81. The van der Waals surface area contributed by atoms with E-state index in [0.29, 0.717) is 31.5 Å². The number of rotatable bonds is 1. The van der Waals surface area contributed by atoms with Gasteiger partial charge < -0.3 is 0 Å². The van der Waals surface area contributed by atoms with Gasteiger partial charge in [0.15, 0.2) is 0 Å². The van der Waals surface area contributed by atoms with Crippen LogP contribution in [0.3, 0.4) is 0 Å². The summed E-state index contributed by atoms with van der Waals surface area (Å²) in [5.41, 5.74) is 1.39. The molecule has 1 heterocycles. The molecule has 1 nitrogen and oxygen atoms in total. The van der Waals surface area contributed by atoms with Crippen molar-refractivity contribution in [2.24, 2.45) is 5.92 Å². The zero-order chi connectivity index (χ0) is 11.7. The van der Waals surface area contributed by atoms with Crippen LogP contribution in [0.25, 0.3) is 0 Å². The molecule has 2 aliphatic rings. The number of hydrogen-bond acceptors (Lipinski definition) is 1. The Morgan fingerprint density at radius 3 is 2.65 bits per heavy atom. The first kappa shape index (κ1) is 11.5. The van der Waals surface area contributed by atoms with Gasteiger partial charge in [0.05, 0.1) is 0 Å². The van der Waals surface area contributed by atoms with Crippen LogP contribution in [-0.4, -0.2) is 20.7 Å². The number of ketones is 1. The van der Waals surface area contributed by atoms with Gasteiger partial charge in [-0.25, -0.2) is 0 Å². The van der Waals surface area contributed by atoms with Gasteiger partial charge in [0.1, 0.15) is 0 Å². The summed E-state index contributed by atoms with van der Waals surface area (Å²) >= 11 is 0.625. The number of fused-ring (bicyclic) bond motifs is 1. The van der Waals surface area contributed by atoms with Gasteiger partial charge in [-0.05, 0) is 0 Å². The summed E-state index contributed by atoms with van der Waals surface area (Å²) in [4.78, 5) is 13.5. The molecule has 1 saturated carbocycles. The molecule has 90 valence electrons. The van der Waals surface area contributed by atoms with Crippen LogP contribution in [0.1, 0.15) is 42.5 Å². The molecule has 0 aromatic heterocycles. The van der Waals surface area contributed by atoms with Gasteiger partial charge in [-0.15, -0.1) is 0 Å². The Morgan fingerprint density at radius 2 is 1.82 bits per heavy atom. The third kappa shape index (κ3) is 2.34. The summed E-state index contributed by atoms with van der Waals surface area (Å²) in [6.45, 7) is 0.